The van der Waals surface area contributed by atoms with Gasteiger partial charge in [-0.25, -0.2) is 9.97 Å². The molecule has 0 spiro atoms. The summed E-state index contributed by atoms with van der Waals surface area (Å²) in [5.41, 5.74) is 8.15. The van der Waals surface area contributed by atoms with Crippen LogP contribution < -0.4 is 5.73 Å². The maximum Gasteiger partial charge on any atom is 0.270 e. The van der Waals surface area contributed by atoms with E-state index in [2.05, 4.69) is 9.97 Å². The number of benzene rings is 2. The van der Waals surface area contributed by atoms with Crippen LogP contribution in [0, 0.1) is 10.1 Å². The van der Waals surface area contributed by atoms with E-state index in [-0.39, 0.29) is 5.69 Å². The standard InChI is InChI=1S/C14H10N4O2/c15-14-13-11(5-2-6-12(13)16-8-17-14)9-3-1-4-10(7-9)18(19)20/h1-8H,(H2,15,16,17). The van der Waals surface area contributed by atoms with Gasteiger partial charge < -0.3 is 5.73 Å². The molecule has 0 fully saturated rings. The van der Waals surface area contributed by atoms with E-state index >= 15 is 0 Å². The molecule has 0 aliphatic heterocycles. The fourth-order valence-corrected chi connectivity index (χ4v) is 2.16. The Hall–Kier alpha value is -3.02. The number of nitrogen functional groups attached to an aromatic ring is 1. The fourth-order valence-electron chi connectivity index (χ4n) is 2.16. The Morgan fingerprint density at radius 3 is 2.70 bits per heavy atom. The minimum Gasteiger partial charge on any atom is -0.383 e. The Labute approximate surface area is 114 Å². The zero-order valence-corrected chi connectivity index (χ0v) is 10.4. The summed E-state index contributed by atoms with van der Waals surface area (Å²) in [6.45, 7) is 0. The Morgan fingerprint density at radius 1 is 1.10 bits per heavy atom. The summed E-state index contributed by atoms with van der Waals surface area (Å²) in [4.78, 5) is 18.6. The van der Waals surface area contributed by atoms with Crippen molar-refractivity contribution in [2.75, 3.05) is 5.73 Å². The van der Waals surface area contributed by atoms with E-state index in [9.17, 15) is 10.1 Å². The van der Waals surface area contributed by atoms with Crippen LogP contribution in [0.1, 0.15) is 0 Å². The zero-order chi connectivity index (χ0) is 14.1. The number of nitro benzene ring substituents is 1. The van der Waals surface area contributed by atoms with Gasteiger partial charge in [0.05, 0.1) is 15.8 Å². The topological polar surface area (TPSA) is 94.9 Å². The molecule has 2 N–H and O–H groups in total. The van der Waals surface area contributed by atoms with Crippen molar-refractivity contribution in [1.29, 1.82) is 0 Å². The average Bonchev–Trinajstić information content (AvgIpc) is 2.47. The average molecular weight is 266 g/mol. The van der Waals surface area contributed by atoms with Crippen molar-refractivity contribution in [3.63, 3.8) is 0 Å². The lowest BCUT2D eigenvalue weighted by molar-refractivity contribution is -0.384. The monoisotopic (exact) mass is 266 g/mol. The van der Waals surface area contributed by atoms with Crippen LogP contribution in [0.3, 0.4) is 0 Å². The first kappa shape index (κ1) is 12.0. The summed E-state index contributed by atoms with van der Waals surface area (Å²) in [6.07, 6.45) is 1.40. The predicted molar refractivity (Wildman–Crippen MR) is 76.0 cm³/mol. The van der Waals surface area contributed by atoms with Gasteiger partial charge >= 0.3 is 0 Å². The van der Waals surface area contributed by atoms with Crippen LogP contribution in [-0.4, -0.2) is 14.9 Å². The first-order valence-electron chi connectivity index (χ1n) is 5.91. The third-order valence-corrected chi connectivity index (χ3v) is 3.06. The molecule has 0 bridgehead atoms. The second-order valence-electron chi connectivity index (χ2n) is 4.27. The highest BCUT2D eigenvalue weighted by Gasteiger charge is 2.11. The molecule has 0 saturated heterocycles. The van der Waals surface area contributed by atoms with Gasteiger partial charge in [0, 0.05) is 12.1 Å². The van der Waals surface area contributed by atoms with Gasteiger partial charge in [0.2, 0.25) is 0 Å². The van der Waals surface area contributed by atoms with Crippen molar-refractivity contribution in [3.8, 4) is 11.1 Å². The van der Waals surface area contributed by atoms with Gasteiger partial charge in [0.15, 0.2) is 0 Å². The van der Waals surface area contributed by atoms with E-state index in [0.29, 0.717) is 22.3 Å². The summed E-state index contributed by atoms with van der Waals surface area (Å²) >= 11 is 0. The molecule has 0 radical (unpaired) electrons. The molecule has 0 unspecified atom stereocenters. The molecule has 0 saturated carbocycles. The third-order valence-electron chi connectivity index (χ3n) is 3.06. The Balaban J connectivity index is 2.30. The molecule has 1 aromatic heterocycles. The van der Waals surface area contributed by atoms with Crippen molar-refractivity contribution in [3.05, 3.63) is 58.9 Å². The van der Waals surface area contributed by atoms with Gasteiger partial charge in [0.25, 0.3) is 5.69 Å². The molecule has 3 rings (SSSR count). The molecule has 0 aliphatic carbocycles. The minimum absolute atomic E-state index is 0.0370. The van der Waals surface area contributed by atoms with Gasteiger partial charge in [0.1, 0.15) is 12.1 Å². The molecular formula is C14H10N4O2. The first-order chi connectivity index (χ1) is 9.66. The Morgan fingerprint density at radius 2 is 1.90 bits per heavy atom. The quantitative estimate of drug-likeness (QED) is 0.568. The van der Waals surface area contributed by atoms with Gasteiger partial charge in [-0.2, -0.15) is 0 Å². The molecular weight excluding hydrogens is 256 g/mol. The molecule has 0 atom stereocenters. The van der Waals surface area contributed by atoms with Gasteiger partial charge in [-0.3, -0.25) is 10.1 Å². The van der Waals surface area contributed by atoms with Gasteiger partial charge in [-0.15, -0.1) is 0 Å². The smallest absolute Gasteiger partial charge is 0.270 e. The Kier molecular flexibility index (Phi) is 2.76. The highest BCUT2D eigenvalue weighted by Crippen LogP contribution is 2.32. The van der Waals surface area contributed by atoms with Crippen molar-refractivity contribution >= 4 is 22.4 Å². The van der Waals surface area contributed by atoms with E-state index in [0.717, 1.165) is 5.56 Å². The van der Waals surface area contributed by atoms with Crippen LogP contribution in [0.2, 0.25) is 0 Å². The highest BCUT2D eigenvalue weighted by atomic mass is 16.6. The molecule has 2 aromatic carbocycles. The molecule has 3 aromatic rings. The first-order valence-corrected chi connectivity index (χ1v) is 5.91. The van der Waals surface area contributed by atoms with E-state index in [1.54, 1.807) is 12.1 Å². The van der Waals surface area contributed by atoms with Crippen molar-refractivity contribution < 1.29 is 4.92 Å². The largest absolute Gasteiger partial charge is 0.383 e. The van der Waals surface area contributed by atoms with Crippen molar-refractivity contribution in [2.45, 2.75) is 0 Å². The van der Waals surface area contributed by atoms with Gasteiger partial charge in [-0.05, 0) is 17.2 Å². The summed E-state index contributed by atoms with van der Waals surface area (Å²) in [5, 5.41) is 11.6. The van der Waals surface area contributed by atoms with Crippen LogP contribution in [0.15, 0.2) is 48.8 Å². The number of anilines is 1. The molecule has 0 amide bonds. The zero-order valence-electron chi connectivity index (χ0n) is 10.4. The summed E-state index contributed by atoms with van der Waals surface area (Å²) < 4.78 is 0. The van der Waals surface area contributed by atoms with Crippen LogP contribution in [0.25, 0.3) is 22.0 Å². The number of aromatic nitrogens is 2. The van der Waals surface area contributed by atoms with E-state index in [1.165, 1.54) is 18.5 Å². The SMILES string of the molecule is Nc1ncnc2cccc(-c3cccc([N+](=O)[O-])c3)c12. The van der Waals surface area contributed by atoms with Crippen LogP contribution in [0.5, 0.6) is 0 Å². The van der Waals surface area contributed by atoms with Gasteiger partial charge in [-0.1, -0.05) is 24.3 Å². The molecule has 0 aliphatic rings. The lowest BCUT2D eigenvalue weighted by atomic mass is 10.0. The number of nitro groups is 1. The maximum atomic E-state index is 10.9. The third kappa shape index (κ3) is 1.93. The second-order valence-corrected chi connectivity index (χ2v) is 4.27. The molecule has 6 heteroatoms. The van der Waals surface area contributed by atoms with Crippen LogP contribution in [-0.2, 0) is 0 Å². The molecule has 20 heavy (non-hydrogen) atoms. The van der Waals surface area contributed by atoms with E-state index in [1.807, 2.05) is 18.2 Å². The van der Waals surface area contributed by atoms with E-state index in [4.69, 9.17) is 5.73 Å². The molecule has 1 heterocycles. The maximum absolute atomic E-state index is 10.9. The fraction of sp³-hybridized carbons (Fsp3) is 0. The van der Waals surface area contributed by atoms with Crippen LogP contribution >= 0.6 is 0 Å². The number of non-ortho nitro benzene ring substituents is 1. The normalized spacial score (nSPS) is 10.6. The number of nitrogens with two attached hydrogens (primary N) is 1. The number of nitrogens with zero attached hydrogens (tertiary/aromatic N) is 3. The highest BCUT2D eigenvalue weighted by molar-refractivity contribution is 6.01. The number of hydrogen-bond donors (Lipinski definition) is 1. The summed E-state index contributed by atoms with van der Waals surface area (Å²) in [6, 6.07) is 11.9. The second kappa shape index (κ2) is 4.58. The van der Waals surface area contributed by atoms with E-state index < -0.39 is 4.92 Å². The molecule has 98 valence electrons. The Bertz CT molecular complexity index is 812. The number of fused-ring (bicyclic) bond motifs is 1. The summed E-state index contributed by atoms with van der Waals surface area (Å²) in [7, 11) is 0. The predicted octanol–water partition coefficient (Wildman–Crippen LogP) is 2.79. The van der Waals surface area contributed by atoms with Crippen molar-refractivity contribution in [2.24, 2.45) is 0 Å². The van der Waals surface area contributed by atoms with Crippen molar-refractivity contribution in [1.82, 2.24) is 9.97 Å². The number of hydrogen-bond acceptors (Lipinski definition) is 5. The molecule has 6 nitrogen and oxygen atoms in total. The lowest BCUT2D eigenvalue weighted by Crippen LogP contribution is -1.95. The lowest BCUT2D eigenvalue weighted by Gasteiger charge is -2.07. The number of rotatable bonds is 2. The minimum atomic E-state index is -0.422. The summed E-state index contributed by atoms with van der Waals surface area (Å²) in [5.74, 6) is 0.358. The van der Waals surface area contributed by atoms with Crippen LogP contribution in [0.4, 0.5) is 11.5 Å².